The van der Waals surface area contributed by atoms with Crippen LogP contribution in [0.4, 0.5) is 5.69 Å². The van der Waals surface area contributed by atoms with Crippen molar-refractivity contribution in [2.24, 2.45) is 0 Å². The number of rotatable bonds is 6. The van der Waals surface area contributed by atoms with Gasteiger partial charge in [-0.3, -0.25) is 4.79 Å². The topological polar surface area (TPSA) is 71.3 Å². The van der Waals surface area contributed by atoms with Gasteiger partial charge in [-0.15, -0.1) is 0 Å². The summed E-state index contributed by atoms with van der Waals surface area (Å²) < 4.78 is 11.7. The number of halogens is 3. The van der Waals surface area contributed by atoms with E-state index in [-0.39, 0.29) is 5.57 Å². The Kier molecular flexibility index (Phi) is 7.78. The van der Waals surface area contributed by atoms with E-state index in [9.17, 15) is 10.1 Å². The highest BCUT2D eigenvalue weighted by Gasteiger charge is 2.14. The normalized spacial score (nSPS) is 10.9. The van der Waals surface area contributed by atoms with Crippen LogP contribution < -0.4 is 14.8 Å². The van der Waals surface area contributed by atoms with Crippen LogP contribution >= 0.6 is 45.8 Å². The first kappa shape index (κ1) is 21.4. The zero-order valence-electron chi connectivity index (χ0n) is 14.5. The number of anilines is 1. The number of methoxy groups -OCH3 is 1. The second kappa shape index (κ2) is 9.83. The van der Waals surface area contributed by atoms with E-state index in [1.165, 1.54) is 12.1 Å². The van der Waals surface area contributed by atoms with Gasteiger partial charge in [-0.25, -0.2) is 0 Å². The van der Waals surface area contributed by atoms with Gasteiger partial charge in [0.15, 0.2) is 11.5 Å². The number of hydrogen-bond acceptors (Lipinski definition) is 4. The van der Waals surface area contributed by atoms with Gasteiger partial charge < -0.3 is 14.8 Å². The van der Waals surface area contributed by atoms with E-state index in [1.807, 2.05) is 13.0 Å². The lowest BCUT2D eigenvalue weighted by Gasteiger charge is -2.12. The molecule has 0 saturated heterocycles. The molecule has 0 aromatic heterocycles. The van der Waals surface area contributed by atoms with Gasteiger partial charge >= 0.3 is 0 Å². The SMILES string of the molecule is CCOc1cc(/C=C(/C#N)C(=O)Nc2cc(Cl)ccc2Cl)cc(I)c1OC. The van der Waals surface area contributed by atoms with Crippen LogP contribution in [-0.2, 0) is 4.79 Å². The largest absolute Gasteiger partial charge is 0.492 e. The number of nitriles is 1. The maximum atomic E-state index is 12.5. The van der Waals surface area contributed by atoms with Crippen molar-refractivity contribution in [3.63, 3.8) is 0 Å². The molecular weight excluding hydrogens is 502 g/mol. The van der Waals surface area contributed by atoms with Crippen LogP contribution in [-0.4, -0.2) is 19.6 Å². The second-order valence-electron chi connectivity index (χ2n) is 5.22. The summed E-state index contributed by atoms with van der Waals surface area (Å²) in [6, 6.07) is 10.1. The van der Waals surface area contributed by atoms with Crippen LogP contribution in [0.2, 0.25) is 10.0 Å². The number of carbonyl (C=O) groups is 1. The third-order valence-corrected chi connectivity index (χ3v) is 4.75. The van der Waals surface area contributed by atoms with E-state index in [1.54, 1.807) is 31.4 Å². The van der Waals surface area contributed by atoms with Gasteiger partial charge in [-0.05, 0) is 71.5 Å². The maximum Gasteiger partial charge on any atom is 0.266 e. The number of amides is 1. The fourth-order valence-electron chi connectivity index (χ4n) is 2.23. The Morgan fingerprint density at radius 1 is 1.33 bits per heavy atom. The average Bonchev–Trinajstić information content (AvgIpc) is 2.62. The predicted octanol–water partition coefficient (Wildman–Crippen LogP) is 5.55. The molecule has 0 radical (unpaired) electrons. The van der Waals surface area contributed by atoms with Gasteiger partial charge in [-0.2, -0.15) is 5.26 Å². The smallest absolute Gasteiger partial charge is 0.266 e. The molecule has 2 aromatic rings. The van der Waals surface area contributed by atoms with E-state index < -0.39 is 5.91 Å². The predicted molar refractivity (Wildman–Crippen MR) is 116 cm³/mol. The zero-order chi connectivity index (χ0) is 20.0. The standard InChI is InChI=1S/C19H15Cl2IN2O3/c1-3-27-17-8-11(7-15(22)18(17)26-2)6-12(10-23)19(25)24-16-9-13(20)4-5-14(16)21/h4-9H,3H2,1-2H3,(H,24,25)/b12-6-. The summed E-state index contributed by atoms with van der Waals surface area (Å²) in [5.41, 5.74) is 0.872. The van der Waals surface area contributed by atoms with Gasteiger partial charge in [0, 0.05) is 5.02 Å². The van der Waals surface area contributed by atoms with Crippen LogP contribution in [0.25, 0.3) is 6.08 Å². The van der Waals surface area contributed by atoms with Crippen molar-refractivity contribution < 1.29 is 14.3 Å². The molecular formula is C19H15Cl2IN2O3. The Labute approximate surface area is 181 Å². The molecule has 2 rings (SSSR count). The van der Waals surface area contributed by atoms with E-state index >= 15 is 0 Å². The van der Waals surface area contributed by atoms with Crippen molar-refractivity contribution in [1.82, 2.24) is 0 Å². The molecule has 1 N–H and O–H groups in total. The summed E-state index contributed by atoms with van der Waals surface area (Å²) in [6.45, 7) is 2.32. The minimum atomic E-state index is -0.592. The molecule has 0 spiro atoms. The Balaban J connectivity index is 2.36. The Morgan fingerprint density at radius 3 is 2.70 bits per heavy atom. The summed E-state index contributed by atoms with van der Waals surface area (Å²) in [5, 5.41) is 12.7. The molecule has 5 nitrogen and oxygen atoms in total. The highest BCUT2D eigenvalue weighted by molar-refractivity contribution is 14.1. The molecule has 0 aliphatic carbocycles. The van der Waals surface area contributed by atoms with Crippen molar-refractivity contribution in [1.29, 1.82) is 5.26 Å². The minimum absolute atomic E-state index is 0.0885. The number of nitrogens with one attached hydrogen (secondary N) is 1. The maximum absolute atomic E-state index is 12.5. The van der Waals surface area contributed by atoms with Crippen LogP contribution in [0.5, 0.6) is 11.5 Å². The van der Waals surface area contributed by atoms with Gasteiger partial charge in [-0.1, -0.05) is 23.2 Å². The first-order valence-electron chi connectivity index (χ1n) is 7.78. The van der Waals surface area contributed by atoms with E-state index in [0.29, 0.717) is 39.4 Å². The fourth-order valence-corrected chi connectivity index (χ4v) is 3.41. The molecule has 0 saturated carbocycles. The Bertz CT molecular complexity index is 939. The highest BCUT2D eigenvalue weighted by atomic mass is 127. The van der Waals surface area contributed by atoms with Crippen molar-refractivity contribution in [2.45, 2.75) is 6.92 Å². The quantitative estimate of drug-likeness (QED) is 0.310. The molecule has 0 aliphatic heterocycles. The van der Waals surface area contributed by atoms with E-state index in [0.717, 1.165) is 3.57 Å². The third kappa shape index (κ3) is 5.51. The fraction of sp³-hybridized carbons (Fsp3) is 0.158. The minimum Gasteiger partial charge on any atom is -0.492 e. The molecule has 0 atom stereocenters. The molecule has 8 heteroatoms. The van der Waals surface area contributed by atoms with Crippen LogP contribution in [0, 0.1) is 14.9 Å². The number of nitrogens with zero attached hydrogens (tertiary/aromatic N) is 1. The van der Waals surface area contributed by atoms with Crippen molar-refractivity contribution >= 4 is 63.5 Å². The second-order valence-corrected chi connectivity index (χ2v) is 7.22. The van der Waals surface area contributed by atoms with Gasteiger partial charge in [0.25, 0.3) is 5.91 Å². The molecule has 2 aromatic carbocycles. The third-order valence-electron chi connectivity index (χ3n) is 3.39. The van der Waals surface area contributed by atoms with Crippen molar-refractivity contribution in [3.8, 4) is 17.6 Å². The number of hydrogen-bond donors (Lipinski definition) is 1. The Morgan fingerprint density at radius 2 is 2.07 bits per heavy atom. The van der Waals surface area contributed by atoms with Crippen LogP contribution in [0.15, 0.2) is 35.9 Å². The summed E-state index contributed by atoms with van der Waals surface area (Å²) in [4.78, 5) is 12.5. The molecule has 27 heavy (non-hydrogen) atoms. The zero-order valence-corrected chi connectivity index (χ0v) is 18.1. The lowest BCUT2D eigenvalue weighted by atomic mass is 10.1. The molecule has 1 amide bonds. The summed E-state index contributed by atoms with van der Waals surface area (Å²) >= 11 is 14.1. The van der Waals surface area contributed by atoms with Crippen molar-refractivity contribution in [3.05, 3.63) is 55.1 Å². The first-order valence-corrected chi connectivity index (χ1v) is 9.61. The monoisotopic (exact) mass is 516 g/mol. The van der Waals surface area contributed by atoms with E-state index in [4.69, 9.17) is 32.7 Å². The van der Waals surface area contributed by atoms with E-state index in [2.05, 4.69) is 27.9 Å². The van der Waals surface area contributed by atoms with Gasteiger partial charge in [0.1, 0.15) is 11.6 Å². The molecule has 140 valence electrons. The Hall–Kier alpha value is -1.95. The lowest BCUT2D eigenvalue weighted by Crippen LogP contribution is -2.13. The number of carbonyl (C=O) groups excluding carboxylic acids is 1. The lowest BCUT2D eigenvalue weighted by molar-refractivity contribution is -0.112. The first-order chi connectivity index (χ1) is 12.9. The summed E-state index contributed by atoms with van der Waals surface area (Å²) in [5.74, 6) is 0.544. The molecule has 0 bridgehead atoms. The van der Waals surface area contributed by atoms with Gasteiger partial charge in [0.05, 0.1) is 28.0 Å². The average molecular weight is 517 g/mol. The van der Waals surface area contributed by atoms with Gasteiger partial charge in [0.2, 0.25) is 0 Å². The number of ether oxygens (including phenoxy) is 2. The molecule has 0 heterocycles. The number of benzene rings is 2. The summed E-state index contributed by atoms with van der Waals surface area (Å²) in [6.07, 6.45) is 1.47. The molecule has 0 fully saturated rings. The van der Waals surface area contributed by atoms with Crippen LogP contribution in [0.1, 0.15) is 12.5 Å². The van der Waals surface area contributed by atoms with Crippen LogP contribution in [0.3, 0.4) is 0 Å². The highest BCUT2D eigenvalue weighted by Crippen LogP contribution is 2.34. The molecule has 0 unspecified atom stereocenters. The molecule has 0 aliphatic rings. The summed E-state index contributed by atoms with van der Waals surface area (Å²) in [7, 11) is 1.55. The van der Waals surface area contributed by atoms with Crippen molar-refractivity contribution in [2.75, 3.05) is 19.0 Å².